The number of ether oxygens (including phenoxy) is 1. The fourth-order valence-corrected chi connectivity index (χ4v) is 0.962. The van der Waals surface area contributed by atoms with Crippen LogP contribution in [0.25, 0.3) is 0 Å². The van der Waals surface area contributed by atoms with Gasteiger partial charge in [0.05, 0.1) is 13.2 Å². The zero-order valence-electron chi connectivity index (χ0n) is 8.87. The molecule has 0 aliphatic rings. The van der Waals surface area contributed by atoms with Crippen LogP contribution in [-0.2, 0) is 14.3 Å². The Balaban J connectivity index is 4.29. The van der Waals surface area contributed by atoms with E-state index in [0.29, 0.717) is 6.61 Å². The standard InChI is InChI=1S/C9H18N2O3/c1-4-14-9(13)8(6(2)3)11-7(12)5-10/h6,8H,4-5,10H2,1-3H3,(H,11,12)/t8-/m1/s1. The van der Waals surface area contributed by atoms with E-state index in [1.807, 2.05) is 13.8 Å². The predicted molar refractivity (Wildman–Crippen MR) is 52.5 cm³/mol. The summed E-state index contributed by atoms with van der Waals surface area (Å²) in [6.07, 6.45) is 0. The summed E-state index contributed by atoms with van der Waals surface area (Å²) in [7, 11) is 0. The highest BCUT2D eigenvalue weighted by molar-refractivity contribution is 5.85. The van der Waals surface area contributed by atoms with Gasteiger partial charge in [-0.15, -0.1) is 0 Å². The van der Waals surface area contributed by atoms with E-state index in [9.17, 15) is 9.59 Å². The average Bonchev–Trinajstić information content (AvgIpc) is 2.13. The van der Waals surface area contributed by atoms with Crippen molar-refractivity contribution in [2.45, 2.75) is 26.8 Å². The van der Waals surface area contributed by atoms with E-state index in [0.717, 1.165) is 0 Å². The number of amides is 1. The molecule has 0 fully saturated rings. The molecule has 0 aromatic rings. The van der Waals surface area contributed by atoms with Crippen LogP contribution in [0.3, 0.4) is 0 Å². The molecular formula is C9H18N2O3. The van der Waals surface area contributed by atoms with Gasteiger partial charge < -0.3 is 15.8 Å². The minimum absolute atomic E-state index is 0.00968. The summed E-state index contributed by atoms with van der Waals surface area (Å²) < 4.78 is 4.82. The predicted octanol–water partition coefficient (Wildman–Crippen LogP) is -0.351. The van der Waals surface area contributed by atoms with Crippen molar-refractivity contribution in [2.24, 2.45) is 11.7 Å². The van der Waals surface area contributed by atoms with Gasteiger partial charge in [0.2, 0.25) is 5.91 Å². The van der Waals surface area contributed by atoms with Crippen LogP contribution < -0.4 is 11.1 Å². The molecule has 0 saturated carbocycles. The number of esters is 1. The molecule has 5 heteroatoms. The highest BCUT2D eigenvalue weighted by Gasteiger charge is 2.24. The largest absolute Gasteiger partial charge is 0.464 e. The molecule has 0 aliphatic heterocycles. The van der Waals surface area contributed by atoms with Gasteiger partial charge in [-0.2, -0.15) is 0 Å². The molecule has 3 N–H and O–H groups in total. The van der Waals surface area contributed by atoms with E-state index in [-0.39, 0.29) is 18.4 Å². The second-order valence-electron chi connectivity index (χ2n) is 3.25. The Morgan fingerprint density at radius 1 is 1.43 bits per heavy atom. The summed E-state index contributed by atoms with van der Waals surface area (Å²) in [5, 5.41) is 2.51. The van der Waals surface area contributed by atoms with Gasteiger partial charge in [0.15, 0.2) is 0 Å². The van der Waals surface area contributed by atoms with E-state index in [1.165, 1.54) is 0 Å². The van der Waals surface area contributed by atoms with Crippen molar-refractivity contribution < 1.29 is 14.3 Å². The fraction of sp³-hybridized carbons (Fsp3) is 0.778. The molecule has 0 saturated heterocycles. The summed E-state index contributed by atoms with van der Waals surface area (Å²) in [4.78, 5) is 22.3. The van der Waals surface area contributed by atoms with Crippen LogP contribution in [-0.4, -0.2) is 31.1 Å². The van der Waals surface area contributed by atoms with Crippen LogP contribution in [0.2, 0.25) is 0 Å². The lowest BCUT2D eigenvalue weighted by Gasteiger charge is -2.19. The third kappa shape index (κ3) is 4.23. The van der Waals surface area contributed by atoms with Crippen molar-refractivity contribution >= 4 is 11.9 Å². The molecule has 1 atom stereocenters. The molecule has 0 aromatic carbocycles. The Labute approximate surface area is 84.0 Å². The quantitative estimate of drug-likeness (QED) is 0.597. The van der Waals surface area contributed by atoms with Gasteiger partial charge in [-0.05, 0) is 12.8 Å². The van der Waals surface area contributed by atoms with Gasteiger partial charge in [0.1, 0.15) is 6.04 Å². The first kappa shape index (κ1) is 12.9. The highest BCUT2D eigenvalue weighted by atomic mass is 16.5. The number of hydrogen-bond acceptors (Lipinski definition) is 4. The molecule has 0 bridgehead atoms. The average molecular weight is 202 g/mol. The Hall–Kier alpha value is -1.10. The first-order chi connectivity index (χ1) is 6.52. The highest BCUT2D eigenvalue weighted by Crippen LogP contribution is 2.03. The van der Waals surface area contributed by atoms with E-state index < -0.39 is 12.0 Å². The van der Waals surface area contributed by atoms with Crippen LogP contribution >= 0.6 is 0 Å². The number of carbonyl (C=O) groups is 2. The molecule has 0 aromatic heterocycles. The van der Waals surface area contributed by atoms with Crippen molar-refractivity contribution in [1.29, 1.82) is 0 Å². The third-order valence-electron chi connectivity index (χ3n) is 1.71. The van der Waals surface area contributed by atoms with Crippen LogP contribution in [0.5, 0.6) is 0 Å². The van der Waals surface area contributed by atoms with Crippen molar-refractivity contribution in [1.82, 2.24) is 5.32 Å². The van der Waals surface area contributed by atoms with Gasteiger partial charge in [-0.25, -0.2) is 4.79 Å². The smallest absolute Gasteiger partial charge is 0.328 e. The number of rotatable bonds is 5. The number of nitrogens with one attached hydrogen (secondary N) is 1. The van der Waals surface area contributed by atoms with Crippen molar-refractivity contribution in [3.8, 4) is 0 Å². The van der Waals surface area contributed by atoms with Crippen LogP contribution in [0.4, 0.5) is 0 Å². The summed E-state index contributed by atoms with van der Waals surface area (Å²) in [6.45, 7) is 5.57. The zero-order valence-corrected chi connectivity index (χ0v) is 8.87. The molecule has 0 aliphatic carbocycles. The zero-order chi connectivity index (χ0) is 11.1. The third-order valence-corrected chi connectivity index (χ3v) is 1.71. The van der Waals surface area contributed by atoms with Gasteiger partial charge in [0, 0.05) is 0 Å². The maximum absolute atomic E-state index is 11.4. The Morgan fingerprint density at radius 2 is 2.00 bits per heavy atom. The minimum atomic E-state index is -0.606. The molecule has 14 heavy (non-hydrogen) atoms. The molecule has 0 rings (SSSR count). The fourth-order valence-electron chi connectivity index (χ4n) is 0.962. The van der Waals surface area contributed by atoms with Gasteiger partial charge in [-0.3, -0.25) is 4.79 Å². The second-order valence-corrected chi connectivity index (χ2v) is 3.25. The molecular weight excluding hydrogens is 184 g/mol. The Morgan fingerprint density at radius 3 is 2.36 bits per heavy atom. The minimum Gasteiger partial charge on any atom is -0.464 e. The number of carbonyl (C=O) groups excluding carboxylic acids is 2. The van der Waals surface area contributed by atoms with Crippen molar-refractivity contribution in [2.75, 3.05) is 13.2 Å². The van der Waals surface area contributed by atoms with E-state index in [2.05, 4.69) is 5.32 Å². The summed E-state index contributed by atoms with van der Waals surface area (Å²) >= 11 is 0. The molecule has 0 heterocycles. The van der Waals surface area contributed by atoms with Crippen molar-refractivity contribution in [3.05, 3.63) is 0 Å². The summed E-state index contributed by atoms with van der Waals surface area (Å²) in [5.41, 5.74) is 5.13. The second kappa shape index (κ2) is 6.37. The van der Waals surface area contributed by atoms with Crippen LogP contribution in [0.1, 0.15) is 20.8 Å². The SMILES string of the molecule is CCOC(=O)[C@H](NC(=O)CN)C(C)C. The van der Waals surface area contributed by atoms with Crippen LogP contribution in [0.15, 0.2) is 0 Å². The van der Waals surface area contributed by atoms with E-state index in [4.69, 9.17) is 10.5 Å². The van der Waals surface area contributed by atoms with Crippen molar-refractivity contribution in [3.63, 3.8) is 0 Å². The molecule has 5 nitrogen and oxygen atoms in total. The normalized spacial score (nSPS) is 12.4. The monoisotopic (exact) mass is 202 g/mol. The van der Waals surface area contributed by atoms with Gasteiger partial charge in [0.25, 0.3) is 0 Å². The topological polar surface area (TPSA) is 81.4 Å². The molecule has 0 radical (unpaired) electrons. The summed E-state index contributed by atoms with van der Waals surface area (Å²) in [6, 6.07) is -0.606. The molecule has 0 spiro atoms. The van der Waals surface area contributed by atoms with E-state index >= 15 is 0 Å². The lowest BCUT2D eigenvalue weighted by Crippen LogP contribution is -2.47. The maximum atomic E-state index is 11.4. The molecule has 1 amide bonds. The maximum Gasteiger partial charge on any atom is 0.328 e. The first-order valence-electron chi connectivity index (χ1n) is 4.69. The van der Waals surface area contributed by atoms with Crippen LogP contribution in [0, 0.1) is 5.92 Å². The first-order valence-corrected chi connectivity index (χ1v) is 4.69. The molecule has 82 valence electrons. The van der Waals surface area contributed by atoms with Gasteiger partial charge >= 0.3 is 5.97 Å². The number of nitrogens with two attached hydrogens (primary N) is 1. The lowest BCUT2D eigenvalue weighted by molar-refractivity contribution is -0.148. The Bertz CT molecular complexity index is 204. The van der Waals surface area contributed by atoms with Gasteiger partial charge in [-0.1, -0.05) is 13.8 Å². The van der Waals surface area contributed by atoms with E-state index in [1.54, 1.807) is 6.92 Å². The lowest BCUT2D eigenvalue weighted by atomic mass is 10.0. The number of hydrogen-bond donors (Lipinski definition) is 2. The summed E-state index contributed by atoms with van der Waals surface area (Å²) in [5.74, 6) is -0.773. The Kier molecular flexibility index (Phi) is 5.87. The molecule has 0 unspecified atom stereocenters.